The molecule has 1 aliphatic rings. The van der Waals surface area contributed by atoms with Crippen molar-refractivity contribution in [3.05, 3.63) is 46.4 Å². The Kier molecular flexibility index (Phi) is 3.21. The zero-order valence-corrected chi connectivity index (χ0v) is 11.4. The van der Waals surface area contributed by atoms with Gasteiger partial charge in [-0.15, -0.1) is 11.3 Å². The summed E-state index contributed by atoms with van der Waals surface area (Å²) in [5.41, 5.74) is 7.17. The van der Waals surface area contributed by atoms with E-state index < -0.39 is 0 Å². The summed E-state index contributed by atoms with van der Waals surface area (Å²) in [6.45, 7) is 0.920. The van der Waals surface area contributed by atoms with Gasteiger partial charge in [-0.25, -0.2) is 0 Å². The molecule has 98 valence electrons. The van der Waals surface area contributed by atoms with Crippen LogP contribution in [0.5, 0.6) is 0 Å². The first-order valence-corrected chi connectivity index (χ1v) is 7.21. The Labute approximate surface area is 116 Å². The number of nitrogens with two attached hydrogens (primary N) is 1. The van der Waals surface area contributed by atoms with Crippen LogP contribution in [-0.4, -0.2) is 16.9 Å². The van der Waals surface area contributed by atoms with E-state index >= 15 is 0 Å². The lowest BCUT2D eigenvalue weighted by molar-refractivity contribution is 0.802. The summed E-state index contributed by atoms with van der Waals surface area (Å²) in [4.78, 5) is 7.87. The molecular formula is C14H16N4S. The molecule has 1 aliphatic carbocycles. The molecule has 0 bridgehead atoms. The SMILES string of the molecule is N=C(N)c1cc(N(Cc2cccs2)C2CC2)ccn1. The minimum absolute atomic E-state index is 0.0220. The molecule has 0 amide bonds. The van der Waals surface area contributed by atoms with Gasteiger partial charge in [-0.05, 0) is 36.4 Å². The molecule has 0 atom stereocenters. The van der Waals surface area contributed by atoms with Crippen molar-refractivity contribution in [2.45, 2.75) is 25.4 Å². The molecule has 2 aromatic rings. The molecule has 2 heterocycles. The van der Waals surface area contributed by atoms with Gasteiger partial charge < -0.3 is 10.6 Å². The first-order valence-electron chi connectivity index (χ1n) is 6.33. The normalized spacial score (nSPS) is 14.3. The van der Waals surface area contributed by atoms with E-state index in [0.717, 1.165) is 12.2 Å². The fraction of sp³-hybridized carbons (Fsp3) is 0.286. The maximum absolute atomic E-state index is 7.49. The quantitative estimate of drug-likeness (QED) is 0.649. The zero-order valence-electron chi connectivity index (χ0n) is 10.5. The van der Waals surface area contributed by atoms with Crippen molar-refractivity contribution in [1.82, 2.24) is 4.98 Å². The molecule has 3 N–H and O–H groups in total. The minimum atomic E-state index is 0.0220. The molecule has 0 aliphatic heterocycles. The Bertz CT molecular complexity index is 575. The second-order valence-electron chi connectivity index (χ2n) is 4.75. The Morgan fingerprint density at radius 2 is 2.32 bits per heavy atom. The lowest BCUT2D eigenvalue weighted by atomic mass is 10.2. The van der Waals surface area contributed by atoms with Gasteiger partial charge in [0.05, 0.1) is 6.54 Å². The van der Waals surface area contributed by atoms with Crippen molar-refractivity contribution in [3.63, 3.8) is 0 Å². The summed E-state index contributed by atoms with van der Waals surface area (Å²) < 4.78 is 0. The number of nitrogens with one attached hydrogen (secondary N) is 1. The Balaban J connectivity index is 1.87. The van der Waals surface area contributed by atoms with E-state index in [0.29, 0.717) is 11.7 Å². The summed E-state index contributed by atoms with van der Waals surface area (Å²) in [5, 5.41) is 9.60. The minimum Gasteiger partial charge on any atom is -0.382 e. The van der Waals surface area contributed by atoms with Gasteiger partial charge in [-0.3, -0.25) is 10.4 Å². The van der Waals surface area contributed by atoms with Crippen molar-refractivity contribution < 1.29 is 0 Å². The van der Waals surface area contributed by atoms with Gasteiger partial charge >= 0.3 is 0 Å². The van der Waals surface area contributed by atoms with Gasteiger partial charge in [0.15, 0.2) is 0 Å². The summed E-state index contributed by atoms with van der Waals surface area (Å²) in [6.07, 6.45) is 4.21. The van der Waals surface area contributed by atoms with Crippen LogP contribution in [0.15, 0.2) is 35.8 Å². The highest BCUT2D eigenvalue weighted by Crippen LogP contribution is 2.33. The summed E-state index contributed by atoms with van der Waals surface area (Å²) >= 11 is 1.78. The summed E-state index contributed by atoms with van der Waals surface area (Å²) in [5.74, 6) is 0.0220. The van der Waals surface area contributed by atoms with Crippen LogP contribution in [-0.2, 0) is 6.54 Å². The molecule has 0 radical (unpaired) electrons. The van der Waals surface area contributed by atoms with Crippen molar-refractivity contribution in [3.8, 4) is 0 Å². The fourth-order valence-electron chi connectivity index (χ4n) is 2.13. The van der Waals surface area contributed by atoms with Crippen LogP contribution in [0.2, 0.25) is 0 Å². The van der Waals surface area contributed by atoms with E-state index in [1.807, 2.05) is 12.1 Å². The van der Waals surface area contributed by atoms with E-state index in [1.54, 1.807) is 17.5 Å². The number of rotatable bonds is 5. The number of amidine groups is 1. The molecule has 0 unspecified atom stereocenters. The van der Waals surface area contributed by atoms with E-state index in [1.165, 1.54) is 17.7 Å². The first-order chi connectivity index (χ1) is 9.24. The standard InChI is InChI=1S/C14H16N4S/c15-14(16)13-8-11(5-6-17-13)18(10-3-4-10)9-12-2-1-7-19-12/h1-2,5-8,10H,3-4,9H2,(H3,15,16). The molecule has 1 saturated carbocycles. The van der Waals surface area contributed by atoms with Crippen LogP contribution >= 0.6 is 11.3 Å². The predicted octanol–water partition coefficient (Wildman–Crippen LogP) is 2.60. The Hall–Kier alpha value is -1.88. The molecular weight excluding hydrogens is 256 g/mol. The van der Waals surface area contributed by atoms with Gasteiger partial charge in [0.1, 0.15) is 11.5 Å². The third kappa shape index (κ3) is 2.76. The van der Waals surface area contributed by atoms with Gasteiger partial charge in [0.2, 0.25) is 0 Å². The van der Waals surface area contributed by atoms with Gasteiger partial charge in [-0.1, -0.05) is 6.07 Å². The third-order valence-corrected chi connectivity index (χ3v) is 4.11. The highest BCUT2D eigenvalue weighted by molar-refractivity contribution is 7.09. The van der Waals surface area contributed by atoms with Crippen molar-refractivity contribution in [2.75, 3.05) is 4.90 Å². The van der Waals surface area contributed by atoms with Crippen molar-refractivity contribution in [1.29, 1.82) is 5.41 Å². The highest BCUT2D eigenvalue weighted by atomic mass is 32.1. The number of anilines is 1. The lowest BCUT2D eigenvalue weighted by Crippen LogP contribution is -2.25. The second kappa shape index (κ2) is 5.01. The first kappa shape index (κ1) is 12.2. The number of hydrogen-bond donors (Lipinski definition) is 2. The Morgan fingerprint density at radius 1 is 1.47 bits per heavy atom. The summed E-state index contributed by atoms with van der Waals surface area (Å²) in [7, 11) is 0. The molecule has 2 aromatic heterocycles. The van der Waals surface area contributed by atoms with Crippen LogP contribution in [0.25, 0.3) is 0 Å². The molecule has 5 heteroatoms. The zero-order chi connectivity index (χ0) is 13.2. The Morgan fingerprint density at radius 3 is 2.95 bits per heavy atom. The molecule has 19 heavy (non-hydrogen) atoms. The fourth-order valence-corrected chi connectivity index (χ4v) is 2.84. The second-order valence-corrected chi connectivity index (χ2v) is 5.78. The predicted molar refractivity (Wildman–Crippen MR) is 78.8 cm³/mol. The van der Waals surface area contributed by atoms with Crippen LogP contribution < -0.4 is 10.6 Å². The number of nitrogens with zero attached hydrogens (tertiary/aromatic N) is 2. The van der Waals surface area contributed by atoms with Crippen LogP contribution in [0.4, 0.5) is 5.69 Å². The smallest absolute Gasteiger partial charge is 0.141 e. The number of hydrogen-bond acceptors (Lipinski definition) is 4. The summed E-state index contributed by atoms with van der Waals surface area (Å²) in [6, 6.07) is 8.77. The average molecular weight is 272 g/mol. The highest BCUT2D eigenvalue weighted by Gasteiger charge is 2.29. The molecule has 3 rings (SSSR count). The largest absolute Gasteiger partial charge is 0.382 e. The number of thiophene rings is 1. The van der Waals surface area contributed by atoms with Gasteiger partial charge in [0.25, 0.3) is 0 Å². The third-order valence-electron chi connectivity index (χ3n) is 3.25. The van der Waals surface area contributed by atoms with Gasteiger partial charge in [-0.2, -0.15) is 0 Å². The maximum Gasteiger partial charge on any atom is 0.141 e. The molecule has 1 fully saturated rings. The maximum atomic E-state index is 7.49. The number of aromatic nitrogens is 1. The van der Waals surface area contributed by atoms with Crippen molar-refractivity contribution >= 4 is 22.9 Å². The number of pyridine rings is 1. The molecule has 0 spiro atoms. The van der Waals surface area contributed by atoms with E-state index in [2.05, 4.69) is 27.4 Å². The molecule has 0 saturated heterocycles. The lowest BCUT2D eigenvalue weighted by Gasteiger charge is -2.24. The van der Waals surface area contributed by atoms with Crippen LogP contribution in [0.1, 0.15) is 23.4 Å². The van der Waals surface area contributed by atoms with E-state index in [4.69, 9.17) is 11.1 Å². The average Bonchev–Trinajstić information content (AvgIpc) is 3.13. The van der Waals surface area contributed by atoms with Crippen LogP contribution in [0, 0.1) is 5.41 Å². The van der Waals surface area contributed by atoms with Crippen molar-refractivity contribution in [2.24, 2.45) is 5.73 Å². The topological polar surface area (TPSA) is 66.0 Å². The van der Waals surface area contributed by atoms with Gasteiger partial charge in [0, 0.05) is 22.8 Å². The number of nitrogen functional groups attached to an aromatic ring is 1. The molecule has 4 nitrogen and oxygen atoms in total. The van der Waals surface area contributed by atoms with E-state index in [9.17, 15) is 0 Å². The monoisotopic (exact) mass is 272 g/mol. The van der Waals surface area contributed by atoms with E-state index in [-0.39, 0.29) is 5.84 Å². The molecule has 0 aromatic carbocycles. The van der Waals surface area contributed by atoms with Crippen LogP contribution in [0.3, 0.4) is 0 Å².